The van der Waals surface area contributed by atoms with Gasteiger partial charge in [-0.05, 0) is 32.4 Å². The van der Waals surface area contributed by atoms with Crippen LogP contribution in [0, 0.1) is 13.8 Å². The summed E-state index contributed by atoms with van der Waals surface area (Å²) in [5.74, 6) is 2.38. The summed E-state index contributed by atoms with van der Waals surface area (Å²) in [6.07, 6.45) is 1.05. The van der Waals surface area contributed by atoms with E-state index in [1.165, 1.54) is 0 Å². The highest BCUT2D eigenvalue weighted by Gasteiger charge is 2.10. The second-order valence-electron chi connectivity index (χ2n) is 4.62. The van der Waals surface area contributed by atoms with Crippen molar-refractivity contribution in [2.24, 2.45) is 0 Å². The Hall–Kier alpha value is -1.81. The van der Waals surface area contributed by atoms with E-state index in [2.05, 4.69) is 27.5 Å². The maximum Gasteiger partial charge on any atom is 0.139 e. The van der Waals surface area contributed by atoms with E-state index in [1.807, 2.05) is 38.1 Å². The molecule has 1 heterocycles. The van der Waals surface area contributed by atoms with Crippen LogP contribution in [0.5, 0.6) is 0 Å². The van der Waals surface area contributed by atoms with Crippen molar-refractivity contribution in [2.45, 2.75) is 27.2 Å². The number of aromatic nitrogens is 2. The molecule has 4 nitrogen and oxygen atoms in total. The molecule has 2 N–H and O–H groups in total. The Morgan fingerprint density at radius 3 is 2.50 bits per heavy atom. The third-order valence-corrected chi connectivity index (χ3v) is 3.26. The number of para-hydroxylation sites is 1. The number of halogens is 1. The van der Waals surface area contributed by atoms with E-state index < -0.39 is 0 Å². The molecule has 0 unspecified atom stereocenters. The first-order valence-electron chi connectivity index (χ1n) is 6.72. The van der Waals surface area contributed by atoms with E-state index in [1.54, 1.807) is 0 Å². The summed E-state index contributed by atoms with van der Waals surface area (Å²) in [7, 11) is 0. The van der Waals surface area contributed by atoms with E-state index in [4.69, 9.17) is 11.6 Å². The van der Waals surface area contributed by atoms with Gasteiger partial charge in [-0.3, -0.25) is 0 Å². The maximum absolute atomic E-state index is 6.17. The highest BCUT2D eigenvalue weighted by atomic mass is 35.5. The van der Waals surface area contributed by atoms with Gasteiger partial charge in [0.1, 0.15) is 17.5 Å². The molecule has 1 aromatic heterocycles. The molecule has 0 atom stereocenters. The molecule has 0 saturated carbocycles. The van der Waals surface area contributed by atoms with Crippen LogP contribution in [-0.4, -0.2) is 16.5 Å². The van der Waals surface area contributed by atoms with E-state index >= 15 is 0 Å². The van der Waals surface area contributed by atoms with Crippen molar-refractivity contribution in [3.05, 3.63) is 40.7 Å². The van der Waals surface area contributed by atoms with Gasteiger partial charge in [0.15, 0.2) is 0 Å². The van der Waals surface area contributed by atoms with Crippen molar-refractivity contribution in [3.63, 3.8) is 0 Å². The smallest absolute Gasteiger partial charge is 0.139 e. The monoisotopic (exact) mass is 290 g/mol. The van der Waals surface area contributed by atoms with E-state index in [0.29, 0.717) is 5.02 Å². The predicted molar refractivity (Wildman–Crippen MR) is 85.0 cm³/mol. The maximum atomic E-state index is 6.17. The third kappa shape index (κ3) is 3.39. The van der Waals surface area contributed by atoms with E-state index in [0.717, 1.165) is 41.7 Å². The summed E-state index contributed by atoms with van der Waals surface area (Å²) in [5, 5.41) is 7.27. The summed E-state index contributed by atoms with van der Waals surface area (Å²) < 4.78 is 0. The number of nitrogens with zero attached hydrogens (tertiary/aromatic N) is 2. The molecular formula is C15H19ClN4. The van der Waals surface area contributed by atoms with Gasteiger partial charge in [0.25, 0.3) is 0 Å². The fourth-order valence-electron chi connectivity index (χ4n) is 1.86. The Labute approximate surface area is 124 Å². The average Bonchev–Trinajstić information content (AvgIpc) is 2.43. The molecule has 0 amide bonds. The van der Waals surface area contributed by atoms with Crippen molar-refractivity contribution < 1.29 is 0 Å². The molecular weight excluding hydrogens is 272 g/mol. The molecule has 0 radical (unpaired) electrons. The molecule has 106 valence electrons. The number of hydrogen-bond donors (Lipinski definition) is 2. The molecule has 2 aromatic rings. The van der Waals surface area contributed by atoms with Gasteiger partial charge in [-0.1, -0.05) is 30.7 Å². The molecule has 0 spiro atoms. The number of hydrogen-bond acceptors (Lipinski definition) is 4. The Kier molecular flexibility index (Phi) is 4.79. The molecule has 0 fully saturated rings. The van der Waals surface area contributed by atoms with Crippen LogP contribution in [0.2, 0.25) is 5.02 Å². The fraction of sp³-hybridized carbons (Fsp3) is 0.333. The average molecular weight is 291 g/mol. The van der Waals surface area contributed by atoms with Gasteiger partial charge >= 0.3 is 0 Å². The minimum absolute atomic E-state index is 0.672. The fourth-order valence-corrected chi connectivity index (χ4v) is 2.04. The first-order valence-corrected chi connectivity index (χ1v) is 7.10. The van der Waals surface area contributed by atoms with Crippen LogP contribution in [0.15, 0.2) is 24.3 Å². The van der Waals surface area contributed by atoms with Crippen LogP contribution in [0.3, 0.4) is 0 Å². The number of nitrogens with one attached hydrogen (secondary N) is 2. The Bertz CT molecular complexity index is 598. The second kappa shape index (κ2) is 6.57. The zero-order chi connectivity index (χ0) is 14.5. The van der Waals surface area contributed by atoms with Crippen molar-refractivity contribution in [1.29, 1.82) is 0 Å². The van der Waals surface area contributed by atoms with Crippen LogP contribution in [0.1, 0.15) is 24.7 Å². The van der Waals surface area contributed by atoms with Crippen molar-refractivity contribution in [3.8, 4) is 0 Å². The molecule has 0 aliphatic rings. The summed E-state index contributed by atoms with van der Waals surface area (Å²) in [4.78, 5) is 8.90. The van der Waals surface area contributed by atoms with Gasteiger partial charge in [-0.15, -0.1) is 0 Å². The number of anilines is 3. The second-order valence-corrected chi connectivity index (χ2v) is 5.03. The van der Waals surface area contributed by atoms with Crippen molar-refractivity contribution in [2.75, 3.05) is 17.2 Å². The van der Waals surface area contributed by atoms with Crippen LogP contribution in [0.4, 0.5) is 17.3 Å². The standard InChI is InChI=1S/C15H19ClN4/c1-4-9-17-14-10(2)15(19-11(3)18-14)20-13-8-6-5-7-12(13)16/h5-8H,4,9H2,1-3H3,(H2,17,18,19,20). The lowest BCUT2D eigenvalue weighted by Gasteiger charge is -2.14. The van der Waals surface area contributed by atoms with Gasteiger partial charge in [-0.25, -0.2) is 9.97 Å². The van der Waals surface area contributed by atoms with Crippen LogP contribution in [-0.2, 0) is 0 Å². The van der Waals surface area contributed by atoms with Gasteiger partial charge in [0.05, 0.1) is 10.7 Å². The third-order valence-electron chi connectivity index (χ3n) is 2.93. The largest absolute Gasteiger partial charge is 0.370 e. The molecule has 0 saturated heterocycles. The Morgan fingerprint density at radius 2 is 1.80 bits per heavy atom. The zero-order valence-corrected chi connectivity index (χ0v) is 12.8. The highest BCUT2D eigenvalue weighted by Crippen LogP contribution is 2.27. The SMILES string of the molecule is CCCNc1nc(C)nc(Nc2ccccc2Cl)c1C. The lowest BCUT2D eigenvalue weighted by atomic mass is 10.2. The molecule has 1 aromatic carbocycles. The topological polar surface area (TPSA) is 49.8 Å². The minimum atomic E-state index is 0.672. The normalized spacial score (nSPS) is 10.4. The highest BCUT2D eigenvalue weighted by molar-refractivity contribution is 6.33. The summed E-state index contributed by atoms with van der Waals surface area (Å²) in [6, 6.07) is 7.62. The van der Waals surface area contributed by atoms with E-state index in [9.17, 15) is 0 Å². The number of benzene rings is 1. The van der Waals surface area contributed by atoms with Crippen LogP contribution in [0.25, 0.3) is 0 Å². The molecule has 20 heavy (non-hydrogen) atoms. The molecule has 2 rings (SSSR count). The first kappa shape index (κ1) is 14.6. The summed E-state index contributed by atoms with van der Waals surface area (Å²) in [6.45, 7) is 6.90. The Balaban J connectivity index is 2.32. The van der Waals surface area contributed by atoms with Crippen molar-refractivity contribution in [1.82, 2.24) is 9.97 Å². The van der Waals surface area contributed by atoms with Gasteiger partial charge in [0, 0.05) is 12.1 Å². The summed E-state index contributed by atoms with van der Waals surface area (Å²) in [5.41, 5.74) is 1.83. The Morgan fingerprint density at radius 1 is 1.10 bits per heavy atom. The lowest BCUT2D eigenvalue weighted by molar-refractivity contribution is 0.948. The van der Waals surface area contributed by atoms with Crippen molar-refractivity contribution >= 4 is 28.9 Å². The van der Waals surface area contributed by atoms with Crippen LogP contribution >= 0.6 is 11.6 Å². The summed E-state index contributed by atoms with van der Waals surface area (Å²) >= 11 is 6.17. The predicted octanol–water partition coefficient (Wildman–Crippen LogP) is 4.31. The van der Waals surface area contributed by atoms with Gasteiger partial charge < -0.3 is 10.6 Å². The minimum Gasteiger partial charge on any atom is -0.370 e. The molecule has 0 aliphatic carbocycles. The van der Waals surface area contributed by atoms with E-state index in [-0.39, 0.29) is 0 Å². The van der Waals surface area contributed by atoms with Crippen LogP contribution < -0.4 is 10.6 Å². The number of aryl methyl sites for hydroxylation is 1. The zero-order valence-electron chi connectivity index (χ0n) is 12.0. The lowest BCUT2D eigenvalue weighted by Crippen LogP contribution is -2.09. The first-order chi connectivity index (χ1) is 9.61. The molecule has 0 bridgehead atoms. The van der Waals surface area contributed by atoms with Gasteiger partial charge in [-0.2, -0.15) is 0 Å². The molecule has 0 aliphatic heterocycles. The van der Waals surface area contributed by atoms with Gasteiger partial charge in [0.2, 0.25) is 0 Å². The molecule has 5 heteroatoms. The number of rotatable bonds is 5. The quantitative estimate of drug-likeness (QED) is 0.861.